The minimum Gasteiger partial charge on any atom is -0.490 e. The zero-order valence-electron chi connectivity index (χ0n) is 19.2. The third-order valence-electron chi connectivity index (χ3n) is 5.56. The highest BCUT2D eigenvalue weighted by Gasteiger charge is 2.13. The number of hydrogen-bond donors (Lipinski definition) is 1. The van der Waals surface area contributed by atoms with Crippen molar-refractivity contribution in [1.29, 1.82) is 0 Å². The van der Waals surface area contributed by atoms with Crippen LogP contribution >= 0.6 is 15.9 Å². The van der Waals surface area contributed by atoms with Gasteiger partial charge in [0.15, 0.2) is 11.5 Å². The van der Waals surface area contributed by atoms with Crippen molar-refractivity contribution in [2.75, 3.05) is 24.6 Å². The SMILES string of the molecule is CCOc1cc(/C=N\NC(=O)c2ccc(N3CCCC3)cc2)ccc1OCc1ccc(Br)cc1. The number of nitrogens with one attached hydrogen (secondary N) is 1. The summed E-state index contributed by atoms with van der Waals surface area (Å²) >= 11 is 3.44. The molecule has 3 aromatic rings. The lowest BCUT2D eigenvalue weighted by Crippen LogP contribution is -2.19. The molecule has 1 fully saturated rings. The van der Waals surface area contributed by atoms with Gasteiger partial charge in [0.2, 0.25) is 0 Å². The Morgan fingerprint density at radius 3 is 2.44 bits per heavy atom. The highest BCUT2D eigenvalue weighted by Crippen LogP contribution is 2.29. The fourth-order valence-corrected chi connectivity index (χ4v) is 4.03. The van der Waals surface area contributed by atoms with Gasteiger partial charge in [0, 0.05) is 28.8 Å². The van der Waals surface area contributed by atoms with Crippen LogP contribution in [0, 0.1) is 0 Å². The van der Waals surface area contributed by atoms with Crippen LogP contribution in [0.5, 0.6) is 11.5 Å². The second-order valence-corrected chi connectivity index (χ2v) is 8.91. The van der Waals surface area contributed by atoms with Gasteiger partial charge in [-0.2, -0.15) is 5.10 Å². The van der Waals surface area contributed by atoms with Gasteiger partial charge in [-0.15, -0.1) is 0 Å². The molecule has 1 heterocycles. The number of halogens is 1. The van der Waals surface area contributed by atoms with E-state index in [0.29, 0.717) is 30.3 Å². The number of ether oxygens (including phenoxy) is 2. The van der Waals surface area contributed by atoms with E-state index in [0.717, 1.165) is 34.4 Å². The maximum Gasteiger partial charge on any atom is 0.271 e. The van der Waals surface area contributed by atoms with Crippen molar-refractivity contribution < 1.29 is 14.3 Å². The fraction of sp³-hybridized carbons (Fsp3) is 0.259. The summed E-state index contributed by atoms with van der Waals surface area (Å²) in [4.78, 5) is 14.8. The lowest BCUT2D eigenvalue weighted by Gasteiger charge is -2.17. The summed E-state index contributed by atoms with van der Waals surface area (Å²) in [6.07, 6.45) is 4.04. The molecule has 0 spiro atoms. The van der Waals surface area contributed by atoms with Crippen LogP contribution < -0.4 is 19.8 Å². The van der Waals surface area contributed by atoms with E-state index in [1.54, 1.807) is 6.21 Å². The lowest BCUT2D eigenvalue weighted by atomic mass is 10.2. The molecule has 0 aromatic heterocycles. The second-order valence-electron chi connectivity index (χ2n) is 7.99. The topological polar surface area (TPSA) is 63.2 Å². The summed E-state index contributed by atoms with van der Waals surface area (Å²) in [7, 11) is 0. The van der Waals surface area contributed by atoms with Crippen molar-refractivity contribution in [2.45, 2.75) is 26.4 Å². The zero-order valence-corrected chi connectivity index (χ0v) is 20.8. The molecular weight excluding hydrogens is 494 g/mol. The number of amides is 1. The molecule has 1 aliphatic rings. The molecular formula is C27H28BrN3O3. The smallest absolute Gasteiger partial charge is 0.271 e. The van der Waals surface area contributed by atoms with Crippen LogP contribution in [0.15, 0.2) is 76.3 Å². The van der Waals surface area contributed by atoms with Crippen LogP contribution in [0.2, 0.25) is 0 Å². The normalized spacial score (nSPS) is 13.3. The average molecular weight is 522 g/mol. The van der Waals surface area contributed by atoms with Crippen LogP contribution in [0.4, 0.5) is 5.69 Å². The van der Waals surface area contributed by atoms with E-state index < -0.39 is 0 Å². The van der Waals surface area contributed by atoms with E-state index in [1.165, 1.54) is 12.8 Å². The molecule has 0 saturated carbocycles. The number of carbonyl (C=O) groups is 1. The molecule has 4 rings (SSSR count). The molecule has 0 unspecified atom stereocenters. The molecule has 0 radical (unpaired) electrons. The molecule has 0 atom stereocenters. The van der Waals surface area contributed by atoms with E-state index in [2.05, 4.69) is 31.4 Å². The molecule has 1 aliphatic heterocycles. The minimum absolute atomic E-state index is 0.247. The van der Waals surface area contributed by atoms with E-state index in [9.17, 15) is 4.79 Å². The summed E-state index contributed by atoms with van der Waals surface area (Å²) in [6, 6.07) is 21.2. The van der Waals surface area contributed by atoms with Crippen LogP contribution in [0.25, 0.3) is 0 Å². The predicted octanol–water partition coefficient (Wildman–Crippen LogP) is 5.79. The van der Waals surface area contributed by atoms with Gasteiger partial charge in [-0.1, -0.05) is 28.1 Å². The van der Waals surface area contributed by atoms with Gasteiger partial charge >= 0.3 is 0 Å². The van der Waals surface area contributed by atoms with Gasteiger partial charge < -0.3 is 14.4 Å². The van der Waals surface area contributed by atoms with Crippen molar-refractivity contribution in [3.63, 3.8) is 0 Å². The first-order chi connectivity index (χ1) is 16.6. The molecule has 1 saturated heterocycles. The molecule has 1 amide bonds. The summed E-state index contributed by atoms with van der Waals surface area (Å²) < 4.78 is 12.7. The third kappa shape index (κ3) is 6.38. The summed E-state index contributed by atoms with van der Waals surface area (Å²) in [6.45, 7) is 5.03. The second kappa shape index (κ2) is 11.7. The lowest BCUT2D eigenvalue weighted by molar-refractivity contribution is 0.0955. The van der Waals surface area contributed by atoms with Gasteiger partial charge in [0.25, 0.3) is 5.91 Å². The Hall–Kier alpha value is -3.32. The molecule has 1 N–H and O–H groups in total. The van der Waals surface area contributed by atoms with Crippen molar-refractivity contribution in [1.82, 2.24) is 5.43 Å². The Morgan fingerprint density at radius 2 is 1.74 bits per heavy atom. The van der Waals surface area contributed by atoms with Gasteiger partial charge in [-0.05, 0) is 85.5 Å². The van der Waals surface area contributed by atoms with Crippen LogP contribution in [0.1, 0.15) is 41.3 Å². The molecule has 7 heteroatoms. The number of benzene rings is 3. The highest BCUT2D eigenvalue weighted by molar-refractivity contribution is 9.10. The number of anilines is 1. The third-order valence-corrected chi connectivity index (χ3v) is 6.08. The Morgan fingerprint density at radius 1 is 1.00 bits per heavy atom. The van der Waals surface area contributed by atoms with E-state index >= 15 is 0 Å². The number of hydrogen-bond acceptors (Lipinski definition) is 5. The number of nitrogens with zero attached hydrogens (tertiary/aromatic N) is 2. The monoisotopic (exact) mass is 521 g/mol. The summed E-state index contributed by atoms with van der Waals surface area (Å²) in [5, 5.41) is 4.11. The Labute approximate surface area is 208 Å². The van der Waals surface area contributed by atoms with Crippen molar-refractivity contribution >= 4 is 33.7 Å². The quantitative estimate of drug-likeness (QED) is 0.286. The maximum absolute atomic E-state index is 12.4. The van der Waals surface area contributed by atoms with E-state index in [4.69, 9.17) is 9.47 Å². The van der Waals surface area contributed by atoms with Crippen molar-refractivity contribution in [2.24, 2.45) is 5.10 Å². The maximum atomic E-state index is 12.4. The fourth-order valence-electron chi connectivity index (χ4n) is 3.76. The van der Waals surface area contributed by atoms with E-state index in [-0.39, 0.29) is 5.91 Å². The highest BCUT2D eigenvalue weighted by atomic mass is 79.9. The van der Waals surface area contributed by atoms with E-state index in [1.807, 2.05) is 73.7 Å². The standard InChI is InChI=1S/C27H28BrN3O3/c1-2-33-26-17-21(7-14-25(26)34-19-20-5-10-23(28)11-6-20)18-29-30-27(32)22-8-12-24(13-9-22)31-15-3-4-16-31/h5-14,17-18H,2-4,15-16,19H2,1H3,(H,30,32)/b29-18-. The summed E-state index contributed by atoms with van der Waals surface area (Å²) in [5.41, 5.74) is 6.18. The van der Waals surface area contributed by atoms with Gasteiger partial charge in [-0.3, -0.25) is 4.79 Å². The van der Waals surface area contributed by atoms with Gasteiger partial charge in [0.05, 0.1) is 12.8 Å². The zero-order chi connectivity index (χ0) is 23.8. The predicted molar refractivity (Wildman–Crippen MR) is 139 cm³/mol. The first-order valence-corrected chi connectivity index (χ1v) is 12.2. The van der Waals surface area contributed by atoms with Crippen LogP contribution in [0.3, 0.4) is 0 Å². The number of hydrazone groups is 1. The van der Waals surface area contributed by atoms with Gasteiger partial charge in [0.1, 0.15) is 6.61 Å². The first kappa shape index (κ1) is 23.8. The largest absolute Gasteiger partial charge is 0.490 e. The Kier molecular flexibility index (Phi) is 8.20. The molecule has 34 heavy (non-hydrogen) atoms. The van der Waals surface area contributed by atoms with Crippen LogP contribution in [-0.4, -0.2) is 31.8 Å². The molecule has 3 aromatic carbocycles. The summed E-state index contributed by atoms with van der Waals surface area (Å²) in [5.74, 6) is 1.04. The average Bonchev–Trinajstić information content (AvgIpc) is 3.40. The van der Waals surface area contributed by atoms with Crippen LogP contribution in [-0.2, 0) is 6.61 Å². The molecule has 0 aliphatic carbocycles. The number of carbonyl (C=O) groups excluding carboxylic acids is 1. The van der Waals surface area contributed by atoms with Crippen molar-refractivity contribution in [3.05, 3.63) is 87.9 Å². The Balaban J connectivity index is 1.35. The number of rotatable bonds is 9. The molecule has 0 bridgehead atoms. The van der Waals surface area contributed by atoms with Crippen molar-refractivity contribution in [3.8, 4) is 11.5 Å². The molecule has 176 valence electrons. The first-order valence-electron chi connectivity index (χ1n) is 11.4. The Bertz CT molecular complexity index is 1120. The molecule has 6 nitrogen and oxygen atoms in total. The van der Waals surface area contributed by atoms with Gasteiger partial charge in [-0.25, -0.2) is 5.43 Å². The minimum atomic E-state index is -0.247.